The van der Waals surface area contributed by atoms with Crippen LogP contribution < -0.4 is 11.1 Å². The second-order valence-corrected chi connectivity index (χ2v) is 5.83. The fraction of sp³-hybridized carbons (Fsp3) is 0.533. The molecule has 0 aromatic heterocycles. The lowest BCUT2D eigenvalue weighted by Crippen LogP contribution is -2.28. The minimum atomic E-state index is 0.00305. The zero-order valence-corrected chi connectivity index (χ0v) is 10.6. The summed E-state index contributed by atoms with van der Waals surface area (Å²) >= 11 is 0. The lowest BCUT2D eigenvalue weighted by atomic mass is 9.97. The van der Waals surface area contributed by atoms with Crippen LogP contribution in [0.5, 0.6) is 0 Å². The molecule has 2 aliphatic carbocycles. The number of nitrogens with two attached hydrogens (primary N) is 1. The third-order valence-electron chi connectivity index (χ3n) is 3.85. The maximum Gasteiger partial charge on any atom is 0.224 e. The van der Waals surface area contributed by atoms with Crippen LogP contribution in [0, 0.1) is 0 Å². The minimum Gasteiger partial charge on any atom is -0.353 e. The van der Waals surface area contributed by atoms with Crippen molar-refractivity contribution >= 4 is 5.91 Å². The van der Waals surface area contributed by atoms with Crippen LogP contribution in [-0.2, 0) is 17.6 Å². The van der Waals surface area contributed by atoms with E-state index in [1.165, 1.54) is 5.56 Å². The maximum atomic E-state index is 11.9. The molecule has 3 nitrogen and oxygen atoms in total. The molecule has 2 fully saturated rings. The van der Waals surface area contributed by atoms with E-state index in [-0.39, 0.29) is 11.4 Å². The molecule has 2 aliphatic rings. The first-order chi connectivity index (χ1) is 8.65. The first-order valence-corrected chi connectivity index (χ1v) is 6.80. The Hall–Kier alpha value is -1.35. The summed E-state index contributed by atoms with van der Waals surface area (Å²) in [6, 6.07) is 8.62. The molecule has 0 heterocycles. The highest BCUT2D eigenvalue weighted by molar-refractivity contribution is 5.79. The number of nitrogens with one attached hydrogen (secondary N) is 1. The highest BCUT2D eigenvalue weighted by Crippen LogP contribution is 2.36. The normalized spacial score (nSPS) is 20.5. The Labute approximate surface area is 108 Å². The quantitative estimate of drug-likeness (QED) is 0.825. The van der Waals surface area contributed by atoms with Gasteiger partial charge in [0.15, 0.2) is 0 Å². The van der Waals surface area contributed by atoms with Gasteiger partial charge in [-0.1, -0.05) is 24.3 Å². The summed E-state index contributed by atoms with van der Waals surface area (Å²) in [6.07, 6.45) is 5.88. The molecule has 0 unspecified atom stereocenters. The van der Waals surface area contributed by atoms with Crippen LogP contribution in [0.3, 0.4) is 0 Å². The Morgan fingerprint density at radius 3 is 2.56 bits per heavy atom. The lowest BCUT2D eigenvalue weighted by molar-refractivity contribution is -0.120. The fourth-order valence-corrected chi connectivity index (χ4v) is 2.30. The van der Waals surface area contributed by atoms with Gasteiger partial charge in [0, 0.05) is 11.6 Å². The number of hydrogen-bond acceptors (Lipinski definition) is 2. The van der Waals surface area contributed by atoms with Crippen LogP contribution >= 0.6 is 0 Å². The van der Waals surface area contributed by atoms with Crippen LogP contribution in [-0.4, -0.2) is 17.5 Å². The molecule has 0 spiro atoms. The van der Waals surface area contributed by atoms with Crippen LogP contribution in [0.25, 0.3) is 0 Å². The second kappa shape index (κ2) is 4.39. The van der Waals surface area contributed by atoms with E-state index in [1.54, 1.807) is 0 Å². The third kappa shape index (κ3) is 2.91. The van der Waals surface area contributed by atoms with Crippen LogP contribution in [0.15, 0.2) is 24.3 Å². The van der Waals surface area contributed by atoms with Crippen molar-refractivity contribution in [2.45, 2.75) is 50.1 Å². The molecule has 3 heteroatoms. The number of carbonyl (C=O) groups excluding carboxylic acids is 1. The number of hydrogen-bond donors (Lipinski definition) is 2. The monoisotopic (exact) mass is 244 g/mol. The Balaban J connectivity index is 1.67. The van der Waals surface area contributed by atoms with E-state index < -0.39 is 0 Å². The topological polar surface area (TPSA) is 55.1 Å². The van der Waals surface area contributed by atoms with Crippen molar-refractivity contribution in [3.05, 3.63) is 35.4 Å². The molecule has 0 aliphatic heterocycles. The van der Waals surface area contributed by atoms with Crippen molar-refractivity contribution in [1.82, 2.24) is 5.32 Å². The van der Waals surface area contributed by atoms with E-state index in [0.717, 1.165) is 37.7 Å². The van der Waals surface area contributed by atoms with Gasteiger partial charge in [-0.2, -0.15) is 0 Å². The number of benzene rings is 1. The molecular weight excluding hydrogens is 224 g/mol. The lowest BCUT2D eigenvalue weighted by Gasteiger charge is -2.13. The predicted octanol–water partition coefficient (Wildman–Crippen LogP) is 1.54. The van der Waals surface area contributed by atoms with Crippen molar-refractivity contribution in [3.8, 4) is 0 Å². The van der Waals surface area contributed by atoms with Crippen LogP contribution in [0.4, 0.5) is 0 Å². The van der Waals surface area contributed by atoms with Crippen molar-refractivity contribution in [2.75, 3.05) is 0 Å². The average Bonchev–Trinajstić information content (AvgIpc) is 3.22. The van der Waals surface area contributed by atoms with E-state index in [2.05, 4.69) is 11.4 Å². The van der Waals surface area contributed by atoms with Gasteiger partial charge < -0.3 is 11.1 Å². The van der Waals surface area contributed by atoms with Gasteiger partial charge in [0.2, 0.25) is 5.91 Å². The van der Waals surface area contributed by atoms with Crippen LogP contribution in [0.1, 0.15) is 36.8 Å². The molecule has 0 saturated heterocycles. The summed E-state index contributed by atoms with van der Waals surface area (Å²) < 4.78 is 0. The standard InChI is InChI=1S/C15H20N2O/c16-15(7-8-15)10-12-4-2-1-3-11(12)9-14(18)17-13-5-6-13/h1-4,13H,5-10,16H2,(H,17,18). The van der Waals surface area contributed by atoms with Crippen LogP contribution in [0.2, 0.25) is 0 Å². The minimum absolute atomic E-state index is 0.00305. The predicted molar refractivity (Wildman–Crippen MR) is 71.2 cm³/mol. The van der Waals surface area contributed by atoms with E-state index in [1.807, 2.05) is 18.2 Å². The first-order valence-electron chi connectivity index (χ1n) is 6.80. The molecule has 3 rings (SSSR count). The average molecular weight is 244 g/mol. The number of carbonyl (C=O) groups is 1. The molecule has 1 aromatic carbocycles. The van der Waals surface area contributed by atoms with E-state index in [9.17, 15) is 4.79 Å². The molecule has 2 saturated carbocycles. The molecule has 1 amide bonds. The molecule has 1 aromatic rings. The Bertz CT molecular complexity index is 461. The Kier molecular flexibility index (Phi) is 2.86. The van der Waals surface area contributed by atoms with Gasteiger partial charge in [-0.15, -0.1) is 0 Å². The highest BCUT2D eigenvalue weighted by atomic mass is 16.1. The molecule has 96 valence electrons. The summed E-state index contributed by atoms with van der Waals surface area (Å²) in [5, 5.41) is 3.04. The largest absolute Gasteiger partial charge is 0.353 e. The van der Waals surface area contributed by atoms with Crippen molar-refractivity contribution in [1.29, 1.82) is 0 Å². The maximum absolute atomic E-state index is 11.9. The van der Waals surface area contributed by atoms with Gasteiger partial charge in [0.25, 0.3) is 0 Å². The van der Waals surface area contributed by atoms with Gasteiger partial charge in [-0.3, -0.25) is 4.79 Å². The third-order valence-corrected chi connectivity index (χ3v) is 3.85. The molecule has 0 radical (unpaired) electrons. The molecule has 0 bridgehead atoms. The van der Waals surface area contributed by atoms with Crippen molar-refractivity contribution < 1.29 is 4.79 Å². The van der Waals surface area contributed by atoms with Crippen molar-refractivity contribution in [2.24, 2.45) is 5.73 Å². The molecule has 18 heavy (non-hydrogen) atoms. The summed E-state index contributed by atoms with van der Waals surface area (Å²) in [7, 11) is 0. The first kappa shape index (κ1) is 11.7. The van der Waals surface area contributed by atoms with Gasteiger partial charge in [0.05, 0.1) is 6.42 Å². The number of amides is 1. The van der Waals surface area contributed by atoms with Gasteiger partial charge in [0.1, 0.15) is 0 Å². The van der Waals surface area contributed by atoms with E-state index in [4.69, 9.17) is 5.73 Å². The van der Waals surface area contributed by atoms with E-state index >= 15 is 0 Å². The summed E-state index contributed by atoms with van der Waals surface area (Å²) in [5.41, 5.74) is 8.54. The Morgan fingerprint density at radius 2 is 1.94 bits per heavy atom. The second-order valence-electron chi connectivity index (χ2n) is 5.83. The zero-order chi connectivity index (χ0) is 12.6. The summed E-state index contributed by atoms with van der Waals surface area (Å²) in [4.78, 5) is 11.9. The number of rotatable bonds is 5. The highest BCUT2D eigenvalue weighted by Gasteiger charge is 2.38. The zero-order valence-electron chi connectivity index (χ0n) is 10.6. The smallest absolute Gasteiger partial charge is 0.224 e. The fourth-order valence-electron chi connectivity index (χ4n) is 2.30. The molecule has 3 N–H and O–H groups in total. The van der Waals surface area contributed by atoms with Crippen molar-refractivity contribution in [3.63, 3.8) is 0 Å². The van der Waals surface area contributed by atoms with Gasteiger partial charge >= 0.3 is 0 Å². The summed E-state index contributed by atoms with van der Waals surface area (Å²) in [5.74, 6) is 0.145. The molecular formula is C15H20N2O. The van der Waals surface area contributed by atoms with E-state index in [0.29, 0.717) is 12.5 Å². The summed E-state index contributed by atoms with van der Waals surface area (Å²) in [6.45, 7) is 0. The Morgan fingerprint density at radius 1 is 1.28 bits per heavy atom. The van der Waals surface area contributed by atoms with Gasteiger partial charge in [-0.05, 0) is 43.2 Å². The SMILES string of the molecule is NC1(Cc2ccccc2CC(=O)NC2CC2)CC1. The molecule has 0 atom stereocenters. The van der Waals surface area contributed by atoms with Gasteiger partial charge in [-0.25, -0.2) is 0 Å².